The molecule has 2 aromatic heterocycles. The third-order valence-electron chi connectivity index (χ3n) is 4.04. The van der Waals surface area contributed by atoms with Crippen LogP contribution < -0.4 is 4.90 Å². The summed E-state index contributed by atoms with van der Waals surface area (Å²) in [4.78, 5) is 18.9. The molecular formula is C19H19Cl2N3O. The van der Waals surface area contributed by atoms with Crippen LogP contribution in [0, 0.1) is 0 Å². The number of nitrogens with zero attached hydrogens (tertiary/aromatic N) is 3. The zero-order valence-corrected chi connectivity index (χ0v) is 15.8. The van der Waals surface area contributed by atoms with E-state index in [9.17, 15) is 4.79 Å². The number of halogens is 2. The standard InChI is InChI=1S/C19H19Cl2N3O/c1-12(2)18-19(23-9-5-4-6-17(23)22-18)24(13(3)25)11-14-7-8-15(20)16(21)10-14/h4-10,12H,11H2,1-3H3. The maximum absolute atomic E-state index is 12.4. The molecule has 6 heteroatoms. The lowest BCUT2D eigenvalue weighted by molar-refractivity contribution is -0.116. The third-order valence-corrected chi connectivity index (χ3v) is 4.78. The number of carbonyl (C=O) groups is 1. The number of rotatable bonds is 4. The molecule has 25 heavy (non-hydrogen) atoms. The lowest BCUT2D eigenvalue weighted by Gasteiger charge is -2.23. The van der Waals surface area contributed by atoms with Crippen LogP contribution in [0.5, 0.6) is 0 Å². The molecule has 1 aromatic carbocycles. The Morgan fingerprint density at radius 2 is 1.96 bits per heavy atom. The fraction of sp³-hybridized carbons (Fsp3) is 0.263. The van der Waals surface area contributed by atoms with E-state index in [1.807, 2.05) is 34.9 Å². The van der Waals surface area contributed by atoms with E-state index in [1.54, 1.807) is 24.0 Å². The van der Waals surface area contributed by atoms with E-state index in [1.165, 1.54) is 0 Å². The predicted molar refractivity (Wildman–Crippen MR) is 103 cm³/mol. The molecule has 0 fully saturated rings. The lowest BCUT2D eigenvalue weighted by atomic mass is 10.1. The summed E-state index contributed by atoms with van der Waals surface area (Å²) in [5.41, 5.74) is 2.62. The number of amides is 1. The predicted octanol–water partition coefficient (Wildman–Crippen LogP) is 5.32. The smallest absolute Gasteiger partial charge is 0.225 e. The molecule has 0 aliphatic carbocycles. The van der Waals surface area contributed by atoms with Gasteiger partial charge in [0.15, 0.2) is 0 Å². The molecule has 0 saturated heterocycles. The Hall–Kier alpha value is -2.04. The molecule has 3 rings (SSSR count). The van der Waals surface area contributed by atoms with E-state index in [0.717, 1.165) is 22.7 Å². The van der Waals surface area contributed by atoms with E-state index < -0.39 is 0 Å². The summed E-state index contributed by atoms with van der Waals surface area (Å²) in [6.07, 6.45) is 1.92. The number of hydrogen-bond donors (Lipinski definition) is 0. The lowest BCUT2D eigenvalue weighted by Crippen LogP contribution is -2.30. The highest BCUT2D eigenvalue weighted by Gasteiger charge is 2.23. The van der Waals surface area contributed by atoms with Crippen LogP contribution in [0.3, 0.4) is 0 Å². The maximum atomic E-state index is 12.4. The van der Waals surface area contributed by atoms with Gasteiger partial charge in [0.1, 0.15) is 11.5 Å². The molecule has 130 valence electrons. The van der Waals surface area contributed by atoms with Crippen molar-refractivity contribution >= 4 is 40.6 Å². The molecule has 0 saturated carbocycles. The number of carbonyl (C=O) groups excluding carboxylic acids is 1. The molecule has 0 aliphatic heterocycles. The summed E-state index contributed by atoms with van der Waals surface area (Å²) in [5.74, 6) is 0.924. The second kappa shape index (κ2) is 7.06. The number of fused-ring (bicyclic) bond motifs is 1. The number of hydrogen-bond acceptors (Lipinski definition) is 2. The molecular weight excluding hydrogens is 357 g/mol. The molecule has 2 heterocycles. The minimum Gasteiger partial charge on any atom is -0.292 e. The number of benzene rings is 1. The van der Waals surface area contributed by atoms with Crippen LogP contribution in [-0.2, 0) is 11.3 Å². The molecule has 4 nitrogen and oxygen atoms in total. The maximum Gasteiger partial charge on any atom is 0.225 e. The van der Waals surface area contributed by atoms with Crippen LogP contribution in [0.25, 0.3) is 5.65 Å². The normalized spacial score (nSPS) is 11.3. The van der Waals surface area contributed by atoms with Crippen molar-refractivity contribution in [2.75, 3.05) is 4.90 Å². The van der Waals surface area contributed by atoms with Crippen molar-refractivity contribution in [2.45, 2.75) is 33.2 Å². The fourth-order valence-corrected chi connectivity index (χ4v) is 3.13. The van der Waals surface area contributed by atoms with Gasteiger partial charge in [-0.25, -0.2) is 4.98 Å². The van der Waals surface area contributed by atoms with Crippen LogP contribution in [0.15, 0.2) is 42.6 Å². The van der Waals surface area contributed by atoms with Gasteiger partial charge in [0.05, 0.1) is 22.3 Å². The molecule has 3 aromatic rings. The zero-order valence-electron chi connectivity index (χ0n) is 14.3. The van der Waals surface area contributed by atoms with E-state index in [-0.39, 0.29) is 11.8 Å². The number of imidazole rings is 1. The molecule has 0 spiro atoms. The average Bonchev–Trinajstić information content (AvgIpc) is 2.95. The minimum absolute atomic E-state index is 0.0568. The first-order valence-corrected chi connectivity index (χ1v) is 8.83. The van der Waals surface area contributed by atoms with E-state index in [4.69, 9.17) is 28.2 Å². The highest BCUT2D eigenvalue weighted by molar-refractivity contribution is 6.42. The number of pyridine rings is 1. The van der Waals surface area contributed by atoms with Gasteiger partial charge >= 0.3 is 0 Å². The molecule has 0 atom stereocenters. The highest BCUT2D eigenvalue weighted by atomic mass is 35.5. The van der Waals surface area contributed by atoms with Gasteiger partial charge in [0, 0.05) is 13.1 Å². The Bertz CT molecular complexity index is 934. The van der Waals surface area contributed by atoms with Crippen LogP contribution in [0.4, 0.5) is 5.82 Å². The topological polar surface area (TPSA) is 37.6 Å². The quantitative estimate of drug-likeness (QED) is 0.618. The Kier molecular flexibility index (Phi) is 5.02. The van der Waals surface area contributed by atoms with Crippen molar-refractivity contribution in [1.29, 1.82) is 0 Å². The van der Waals surface area contributed by atoms with Crippen molar-refractivity contribution < 1.29 is 4.79 Å². The van der Waals surface area contributed by atoms with Gasteiger partial charge in [-0.15, -0.1) is 0 Å². The van der Waals surface area contributed by atoms with Crippen LogP contribution in [0.1, 0.15) is 37.9 Å². The number of anilines is 1. The van der Waals surface area contributed by atoms with Crippen molar-refractivity contribution in [3.63, 3.8) is 0 Å². The summed E-state index contributed by atoms with van der Waals surface area (Å²) < 4.78 is 1.95. The highest BCUT2D eigenvalue weighted by Crippen LogP contribution is 2.31. The van der Waals surface area contributed by atoms with Crippen LogP contribution >= 0.6 is 23.2 Å². The van der Waals surface area contributed by atoms with Gasteiger partial charge in [-0.05, 0) is 35.7 Å². The summed E-state index contributed by atoms with van der Waals surface area (Å²) in [6, 6.07) is 11.2. The van der Waals surface area contributed by atoms with Crippen LogP contribution in [-0.4, -0.2) is 15.3 Å². The van der Waals surface area contributed by atoms with Gasteiger partial charge in [0.2, 0.25) is 5.91 Å². The van der Waals surface area contributed by atoms with Crippen molar-refractivity contribution in [2.24, 2.45) is 0 Å². The summed E-state index contributed by atoms with van der Waals surface area (Å²) in [7, 11) is 0. The molecule has 0 radical (unpaired) electrons. The van der Waals surface area contributed by atoms with Crippen LogP contribution in [0.2, 0.25) is 10.0 Å². The molecule has 0 unspecified atom stereocenters. The second-order valence-electron chi connectivity index (χ2n) is 6.26. The first kappa shape index (κ1) is 17.8. The van der Waals surface area contributed by atoms with Crippen molar-refractivity contribution in [3.05, 3.63) is 63.9 Å². The van der Waals surface area contributed by atoms with Gasteiger partial charge < -0.3 is 0 Å². The monoisotopic (exact) mass is 375 g/mol. The minimum atomic E-state index is -0.0568. The SMILES string of the molecule is CC(=O)N(Cc1ccc(Cl)c(Cl)c1)c1c(C(C)C)nc2ccccn12. The Balaban J connectivity index is 2.12. The van der Waals surface area contributed by atoms with Gasteiger partial charge in [-0.3, -0.25) is 14.1 Å². The molecule has 0 N–H and O–H groups in total. The molecule has 0 bridgehead atoms. The fourth-order valence-electron chi connectivity index (χ4n) is 2.81. The Morgan fingerprint density at radius 1 is 1.20 bits per heavy atom. The van der Waals surface area contributed by atoms with Gasteiger partial charge in [0.25, 0.3) is 0 Å². The Morgan fingerprint density at radius 3 is 2.60 bits per heavy atom. The van der Waals surface area contributed by atoms with Gasteiger partial charge in [-0.1, -0.05) is 49.2 Å². The summed E-state index contributed by atoms with van der Waals surface area (Å²) >= 11 is 12.1. The zero-order chi connectivity index (χ0) is 18.1. The van der Waals surface area contributed by atoms with Crippen molar-refractivity contribution in [3.8, 4) is 0 Å². The summed E-state index contributed by atoms with van der Waals surface area (Å²) in [6.45, 7) is 6.10. The first-order valence-electron chi connectivity index (χ1n) is 8.07. The van der Waals surface area contributed by atoms with Gasteiger partial charge in [-0.2, -0.15) is 0 Å². The Labute approximate surface area is 157 Å². The largest absolute Gasteiger partial charge is 0.292 e. The second-order valence-corrected chi connectivity index (χ2v) is 7.07. The molecule has 0 aliphatic rings. The van der Waals surface area contributed by atoms with E-state index >= 15 is 0 Å². The average molecular weight is 376 g/mol. The number of aromatic nitrogens is 2. The van der Waals surface area contributed by atoms with Crippen molar-refractivity contribution in [1.82, 2.24) is 9.38 Å². The van der Waals surface area contributed by atoms with E-state index in [0.29, 0.717) is 16.6 Å². The molecule has 1 amide bonds. The summed E-state index contributed by atoms with van der Waals surface area (Å²) in [5, 5.41) is 0.974. The third kappa shape index (κ3) is 3.51. The van der Waals surface area contributed by atoms with E-state index in [2.05, 4.69) is 13.8 Å². The first-order chi connectivity index (χ1) is 11.9.